The fraction of sp³-hybridized carbons (Fsp3) is 0.333. The molecule has 0 saturated heterocycles. The maximum atomic E-state index is 13.0. The van der Waals surface area contributed by atoms with Crippen molar-refractivity contribution in [2.75, 3.05) is 13.2 Å². The summed E-state index contributed by atoms with van der Waals surface area (Å²) in [6, 6.07) is 1.39. The van der Waals surface area contributed by atoms with Crippen LogP contribution in [0.5, 0.6) is 0 Å². The molecule has 12 heteroatoms. The second-order valence-electron chi connectivity index (χ2n) is 5.97. The highest BCUT2D eigenvalue weighted by molar-refractivity contribution is 6.00. The molecule has 0 aliphatic rings. The molecule has 1 unspecified atom stereocenters. The van der Waals surface area contributed by atoms with Gasteiger partial charge < -0.3 is 10.6 Å². The minimum Gasteiger partial charge on any atom is -0.390 e. The number of carbonyl (C=O) groups excluding carboxylic acids is 1. The van der Waals surface area contributed by atoms with Gasteiger partial charge in [-0.1, -0.05) is 0 Å². The number of hydrogen-bond donors (Lipinski definition) is 1. The summed E-state index contributed by atoms with van der Waals surface area (Å²) in [5.41, 5.74) is 3.99. The highest BCUT2D eigenvalue weighted by Crippen LogP contribution is 2.29. The van der Waals surface area contributed by atoms with E-state index in [0.29, 0.717) is 12.3 Å². The van der Waals surface area contributed by atoms with E-state index in [1.54, 1.807) is 6.07 Å². The summed E-state index contributed by atoms with van der Waals surface area (Å²) in [4.78, 5) is 33.5. The van der Waals surface area contributed by atoms with Crippen LogP contribution in [0, 0.1) is 0 Å². The van der Waals surface area contributed by atoms with Crippen LogP contribution in [0.2, 0.25) is 0 Å². The Balaban J connectivity index is 2.42. The second kappa shape index (κ2) is 10.4. The van der Waals surface area contributed by atoms with Gasteiger partial charge in [-0.05, 0) is 25.5 Å². The molecule has 0 aliphatic carbocycles. The number of amidine groups is 1. The fourth-order valence-electron chi connectivity index (χ4n) is 2.48. The van der Waals surface area contributed by atoms with E-state index in [1.165, 1.54) is 19.3 Å². The number of aromatic nitrogens is 3. The number of hydrogen-bond acceptors (Lipinski definition) is 5. The molecule has 30 heavy (non-hydrogen) atoms. The molecular weight excluding hydrogens is 406 g/mol. The summed E-state index contributed by atoms with van der Waals surface area (Å²) in [6.07, 6.45) is 0.757. The van der Waals surface area contributed by atoms with E-state index >= 15 is 0 Å². The van der Waals surface area contributed by atoms with Crippen LogP contribution < -0.4 is 5.73 Å². The first-order chi connectivity index (χ1) is 14.3. The molecule has 8 nitrogen and oxygen atoms in total. The lowest BCUT2D eigenvalue weighted by atomic mass is 10.1. The topological polar surface area (TPSA) is 110 Å². The Morgan fingerprint density at radius 3 is 2.60 bits per heavy atom. The van der Waals surface area contributed by atoms with Gasteiger partial charge in [-0.3, -0.25) is 14.2 Å². The first-order valence-electron chi connectivity index (χ1n) is 8.77. The maximum Gasteiger partial charge on any atom is 0.417 e. The van der Waals surface area contributed by atoms with Crippen LogP contribution in [0.4, 0.5) is 23.5 Å². The average molecular weight is 425 g/mol. The zero-order chi connectivity index (χ0) is 22.1. The molecule has 0 aliphatic heterocycles. The summed E-state index contributed by atoms with van der Waals surface area (Å²) in [6.45, 7) is 0.708. The lowest BCUT2D eigenvalue weighted by Crippen LogP contribution is -2.44. The molecular formula is C18H19F4N7O. The van der Waals surface area contributed by atoms with Gasteiger partial charge in [0.1, 0.15) is 0 Å². The van der Waals surface area contributed by atoms with Crippen LogP contribution in [-0.2, 0) is 6.18 Å². The number of nitrogens with two attached hydrogens (primary N) is 1. The van der Waals surface area contributed by atoms with Crippen molar-refractivity contribution >= 4 is 24.0 Å². The lowest BCUT2D eigenvalue weighted by Gasteiger charge is -2.28. The molecule has 2 heterocycles. The monoisotopic (exact) mass is 425 g/mol. The number of carbonyl (C=O) groups is 1. The van der Waals surface area contributed by atoms with Gasteiger partial charge in [-0.25, -0.2) is 15.0 Å². The molecule has 160 valence electrons. The largest absolute Gasteiger partial charge is 0.417 e. The highest BCUT2D eigenvalue weighted by Gasteiger charge is 2.33. The number of alkyl halides is 4. The third-order valence-electron chi connectivity index (χ3n) is 3.92. The molecule has 0 fully saturated rings. The Labute approximate surface area is 169 Å². The highest BCUT2D eigenvalue weighted by atomic mass is 19.4. The molecule has 2 aromatic rings. The Kier molecular flexibility index (Phi) is 7.90. The molecule has 1 atom stereocenters. The molecule has 1 amide bonds. The van der Waals surface area contributed by atoms with Gasteiger partial charge in [0.05, 0.1) is 30.2 Å². The number of pyridine rings is 1. The Bertz CT molecular complexity index is 903. The summed E-state index contributed by atoms with van der Waals surface area (Å²) in [5, 5.41) is 0. The second-order valence-corrected chi connectivity index (χ2v) is 5.97. The van der Waals surface area contributed by atoms with Crippen molar-refractivity contribution in [3.05, 3.63) is 48.0 Å². The van der Waals surface area contributed by atoms with Gasteiger partial charge in [0.15, 0.2) is 5.84 Å². The van der Waals surface area contributed by atoms with Gasteiger partial charge in [-0.15, -0.1) is 0 Å². The summed E-state index contributed by atoms with van der Waals surface area (Å²) < 4.78 is 51.8. The van der Waals surface area contributed by atoms with Gasteiger partial charge >= 0.3 is 6.18 Å². The molecule has 0 bridgehead atoms. The molecule has 0 saturated carbocycles. The molecule has 0 radical (unpaired) electrons. The lowest BCUT2D eigenvalue weighted by molar-refractivity contribution is -0.137. The summed E-state index contributed by atoms with van der Waals surface area (Å²) in [7, 11) is 0. The van der Waals surface area contributed by atoms with Crippen LogP contribution in [0.25, 0.3) is 0 Å². The molecule has 0 spiro atoms. The van der Waals surface area contributed by atoms with E-state index in [9.17, 15) is 22.4 Å². The van der Waals surface area contributed by atoms with Crippen LogP contribution >= 0.6 is 0 Å². The van der Waals surface area contributed by atoms with Gasteiger partial charge in [0.2, 0.25) is 0 Å². The van der Waals surface area contributed by atoms with Gasteiger partial charge in [0.25, 0.3) is 11.9 Å². The minimum atomic E-state index is -4.67. The van der Waals surface area contributed by atoms with Gasteiger partial charge in [-0.2, -0.15) is 18.2 Å². The number of halogens is 4. The van der Waals surface area contributed by atoms with Crippen molar-refractivity contribution in [3.8, 4) is 0 Å². The number of nitrogens with zero attached hydrogens (tertiary/aromatic N) is 6. The predicted octanol–water partition coefficient (Wildman–Crippen LogP) is 2.80. The van der Waals surface area contributed by atoms with Crippen LogP contribution in [-0.4, -0.2) is 57.2 Å². The quantitative estimate of drug-likeness (QED) is 0.417. The smallest absolute Gasteiger partial charge is 0.390 e. The average Bonchev–Trinajstić information content (AvgIpc) is 2.73. The first-order valence-corrected chi connectivity index (χ1v) is 8.77. The predicted molar refractivity (Wildman–Crippen MR) is 102 cm³/mol. The standard InChI is InChI=1S/C18H19F4N7O/c1-12(15(27-11-23)28-17-25-5-3-6-26-17)29(7-2-4-19)16(30)13-8-14(10-24-9-13)18(20,21)22/h3,5-6,8-12H,2,4,7H2,1H3,(H2,23,25,26,27,28). The number of amides is 1. The van der Waals surface area contributed by atoms with E-state index < -0.39 is 30.4 Å². The zero-order valence-corrected chi connectivity index (χ0v) is 15.9. The number of rotatable bonds is 7. The van der Waals surface area contributed by atoms with E-state index in [0.717, 1.165) is 17.4 Å². The molecule has 2 N–H and O–H groups in total. The summed E-state index contributed by atoms with van der Waals surface area (Å²) in [5.74, 6) is -0.720. The fourth-order valence-corrected chi connectivity index (χ4v) is 2.48. The van der Waals surface area contributed by atoms with Crippen molar-refractivity contribution in [1.82, 2.24) is 19.9 Å². The van der Waals surface area contributed by atoms with Crippen molar-refractivity contribution in [2.45, 2.75) is 25.6 Å². The van der Waals surface area contributed by atoms with E-state index in [-0.39, 0.29) is 30.3 Å². The molecule has 2 rings (SSSR count). The van der Waals surface area contributed by atoms with E-state index in [2.05, 4.69) is 24.9 Å². The van der Waals surface area contributed by atoms with Crippen molar-refractivity contribution in [3.63, 3.8) is 0 Å². The van der Waals surface area contributed by atoms with Crippen LogP contribution in [0.15, 0.2) is 46.9 Å². The Hall–Kier alpha value is -3.44. The zero-order valence-electron chi connectivity index (χ0n) is 15.9. The first kappa shape index (κ1) is 22.8. The van der Waals surface area contributed by atoms with E-state index in [1.807, 2.05) is 0 Å². The molecule has 2 aromatic heterocycles. The molecule has 0 aromatic carbocycles. The normalized spacial score (nSPS) is 13.4. The van der Waals surface area contributed by atoms with Crippen molar-refractivity contribution in [1.29, 1.82) is 0 Å². The Morgan fingerprint density at radius 2 is 2.00 bits per heavy atom. The Morgan fingerprint density at radius 1 is 1.30 bits per heavy atom. The van der Waals surface area contributed by atoms with Crippen LogP contribution in [0.1, 0.15) is 29.3 Å². The third kappa shape index (κ3) is 6.03. The SMILES string of the molecule is CC(C(N=CN)=Nc1ncccn1)N(CCCF)C(=O)c1cncc(C(F)(F)F)c1. The third-order valence-corrected chi connectivity index (χ3v) is 3.92. The van der Waals surface area contributed by atoms with E-state index in [4.69, 9.17) is 5.73 Å². The minimum absolute atomic E-state index is 0.0239. The number of aliphatic imine (C=N–C) groups is 2. The van der Waals surface area contributed by atoms with Gasteiger partial charge in [0, 0.05) is 31.3 Å². The van der Waals surface area contributed by atoms with Crippen molar-refractivity contribution in [2.24, 2.45) is 15.7 Å². The van der Waals surface area contributed by atoms with Crippen molar-refractivity contribution < 1.29 is 22.4 Å². The van der Waals surface area contributed by atoms with Crippen LogP contribution in [0.3, 0.4) is 0 Å². The maximum absolute atomic E-state index is 13.0. The summed E-state index contributed by atoms with van der Waals surface area (Å²) >= 11 is 0.